The van der Waals surface area contributed by atoms with Crippen LogP contribution < -0.4 is 4.74 Å². The molecule has 0 aromatic heterocycles. The summed E-state index contributed by atoms with van der Waals surface area (Å²) in [5.74, 6) is -0.254. The molecule has 21 heavy (non-hydrogen) atoms. The Morgan fingerprint density at radius 3 is 2.86 bits per heavy atom. The number of aryl methyl sites for hydroxylation is 1. The Hall–Kier alpha value is -1.56. The molecule has 0 spiro atoms. The number of hydrogen-bond donors (Lipinski definition) is 1. The van der Waals surface area contributed by atoms with Gasteiger partial charge in [-0.15, -0.1) is 0 Å². The summed E-state index contributed by atoms with van der Waals surface area (Å²) < 4.78 is 6.01. The third kappa shape index (κ3) is 3.75. The molecule has 1 aliphatic rings. The highest BCUT2D eigenvalue weighted by Crippen LogP contribution is 2.26. The van der Waals surface area contributed by atoms with Crippen LogP contribution in [0.15, 0.2) is 22.7 Å². The second-order valence-electron chi connectivity index (χ2n) is 5.05. The maximum Gasteiger partial charge on any atom is 0.326 e. The second kappa shape index (κ2) is 6.93. The SMILES string of the molecule is COc1ccc(CCC(=O)N2CCC[C@@H]2C(=O)O)cc1Br. The van der Waals surface area contributed by atoms with Gasteiger partial charge >= 0.3 is 5.97 Å². The number of rotatable bonds is 5. The molecule has 6 heteroatoms. The molecule has 0 saturated carbocycles. The lowest BCUT2D eigenvalue weighted by molar-refractivity contribution is -0.148. The lowest BCUT2D eigenvalue weighted by Gasteiger charge is -2.21. The van der Waals surface area contributed by atoms with Gasteiger partial charge in [-0.3, -0.25) is 4.79 Å². The number of benzene rings is 1. The zero-order valence-electron chi connectivity index (χ0n) is 11.8. The molecule has 1 heterocycles. The molecule has 1 aliphatic heterocycles. The van der Waals surface area contributed by atoms with Crippen LogP contribution in [0.2, 0.25) is 0 Å². The normalized spacial score (nSPS) is 17.8. The molecule has 1 aromatic rings. The second-order valence-corrected chi connectivity index (χ2v) is 5.91. The van der Waals surface area contributed by atoms with Crippen LogP contribution in [0.5, 0.6) is 5.75 Å². The number of halogens is 1. The first-order valence-electron chi connectivity index (χ1n) is 6.87. The fraction of sp³-hybridized carbons (Fsp3) is 0.467. The summed E-state index contributed by atoms with van der Waals surface area (Å²) in [7, 11) is 1.60. The molecule has 1 amide bonds. The van der Waals surface area contributed by atoms with Gasteiger partial charge in [0.2, 0.25) is 5.91 Å². The molecule has 1 aromatic carbocycles. The van der Waals surface area contributed by atoms with E-state index in [1.54, 1.807) is 7.11 Å². The molecular formula is C15H18BrNO4. The highest BCUT2D eigenvalue weighted by atomic mass is 79.9. The molecule has 0 aliphatic carbocycles. The molecular weight excluding hydrogens is 338 g/mol. The van der Waals surface area contributed by atoms with Crippen molar-refractivity contribution in [3.05, 3.63) is 28.2 Å². The van der Waals surface area contributed by atoms with E-state index in [2.05, 4.69) is 15.9 Å². The summed E-state index contributed by atoms with van der Waals surface area (Å²) in [6.07, 6.45) is 2.22. The number of amides is 1. The Morgan fingerprint density at radius 1 is 1.48 bits per heavy atom. The third-order valence-electron chi connectivity index (χ3n) is 3.70. The van der Waals surface area contributed by atoms with Crippen molar-refractivity contribution in [2.24, 2.45) is 0 Å². The maximum absolute atomic E-state index is 12.2. The number of likely N-dealkylation sites (tertiary alicyclic amines) is 1. The number of hydrogen-bond acceptors (Lipinski definition) is 3. The minimum atomic E-state index is -0.909. The Morgan fingerprint density at radius 2 is 2.24 bits per heavy atom. The molecule has 5 nitrogen and oxygen atoms in total. The predicted molar refractivity (Wildman–Crippen MR) is 81.4 cm³/mol. The van der Waals surface area contributed by atoms with Gasteiger partial charge in [0.05, 0.1) is 11.6 Å². The number of aliphatic carboxylic acids is 1. The average Bonchev–Trinajstić information content (AvgIpc) is 2.94. The largest absolute Gasteiger partial charge is 0.496 e. The van der Waals surface area contributed by atoms with Gasteiger partial charge < -0.3 is 14.7 Å². The smallest absolute Gasteiger partial charge is 0.326 e. The number of ether oxygens (including phenoxy) is 1. The zero-order chi connectivity index (χ0) is 15.4. The zero-order valence-corrected chi connectivity index (χ0v) is 13.4. The summed E-state index contributed by atoms with van der Waals surface area (Å²) in [6.45, 7) is 0.544. The molecule has 114 valence electrons. The van der Waals surface area contributed by atoms with Crippen LogP contribution in [0, 0.1) is 0 Å². The minimum Gasteiger partial charge on any atom is -0.496 e. The van der Waals surface area contributed by atoms with E-state index in [0.29, 0.717) is 25.8 Å². The van der Waals surface area contributed by atoms with Gasteiger partial charge in [-0.25, -0.2) is 4.79 Å². The minimum absolute atomic E-state index is 0.0909. The van der Waals surface area contributed by atoms with Crippen molar-refractivity contribution in [2.45, 2.75) is 31.7 Å². The highest BCUT2D eigenvalue weighted by Gasteiger charge is 2.33. The number of carboxylic acids is 1. The van der Waals surface area contributed by atoms with Crippen molar-refractivity contribution in [3.8, 4) is 5.75 Å². The molecule has 0 bridgehead atoms. The van der Waals surface area contributed by atoms with Crippen LogP contribution >= 0.6 is 15.9 Å². The van der Waals surface area contributed by atoms with Gasteiger partial charge in [-0.2, -0.15) is 0 Å². The number of methoxy groups -OCH3 is 1. The van der Waals surface area contributed by atoms with Crippen molar-refractivity contribution in [2.75, 3.05) is 13.7 Å². The van der Waals surface area contributed by atoms with Crippen molar-refractivity contribution in [1.82, 2.24) is 4.90 Å². The van der Waals surface area contributed by atoms with Gasteiger partial charge in [0.1, 0.15) is 11.8 Å². The van der Waals surface area contributed by atoms with E-state index in [0.717, 1.165) is 22.2 Å². The monoisotopic (exact) mass is 355 g/mol. The molecule has 0 unspecified atom stereocenters. The molecule has 2 rings (SSSR count). The highest BCUT2D eigenvalue weighted by molar-refractivity contribution is 9.10. The topological polar surface area (TPSA) is 66.8 Å². The van der Waals surface area contributed by atoms with Crippen LogP contribution in [-0.4, -0.2) is 41.6 Å². The van der Waals surface area contributed by atoms with Crippen molar-refractivity contribution >= 4 is 27.8 Å². The predicted octanol–water partition coefficient (Wildman–Crippen LogP) is 2.47. The molecule has 1 fully saturated rings. The van der Waals surface area contributed by atoms with Crippen LogP contribution in [0.1, 0.15) is 24.8 Å². The number of carbonyl (C=O) groups excluding carboxylic acids is 1. The summed E-state index contributed by atoms with van der Waals surface area (Å²) in [5.41, 5.74) is 1.02. The van der Waals surface area contributed by atoms with Gasteiger partial charge in [-0.1, -0.05) is 6.07 Å². The summed E-state index contributed by atoms with van der Waals surface area (Å²) in [5, 5.41) is 9.10. The Labute approximate surface area is 132 Å². The quantitative estimate of drug-likeness (QED) is 0.880. The fourth-order valence-electron chi connectivity index (χ4n) is 2.58. The van der Waals surface area contributed by atoms with Crippen LogP contribution in [0.25, 0.3) is 0 Å². The van der Waals surface area contributed by atoms with Gasteiger partial charge in [-0.05, 0) is 52.9 Å². The van der Waals surface area contributed by atoms with Crippen molar-refractivity contribution < 1.29 is 19.4 Å². The molecule has 1 saturated heterocycles. The Bertz CT molecular complexity index is 546. The summed E-state index contributed by atoms with van der Waals surface area (Å²) >= 11 is 3.41. The van der Waals surface area contributed by atoms with E-state index in [1.165, 1.54) is 4.90 Å². The fourth-order valence-corrected chi connectivity index (χ4v) is 3.17. The first-order chi connectivity index (χ1) is 10.0. The van der Waals surface area contributed by atoms with E-state index < -0.39 is 12.0 Å². The molecule has 1 N–H and O–H groups in total. The first kappa shape index (κ1) is 15.8. The van der Waals surface area contributed by atoms with Crippen LogP contribution in [0.3, 0.4) is 0 Å². The molecule has 1 atom stereocenters. The van der Waals surface area contributed by atoms with Crippen molar-refractivity contribution in [3.63, 3.8) is 0 Å². The van der Waals surface area contributed by atoms with Gasteiger partial charge in [0.25, 0.3) is 0 Å². The van der Waals surface area contributed by atoms with Crippen LogP contribution in [0.4, 0.5) is 0 Å². The van der Waals surface area contributed by atoms with E-state index in [9.17, 15) is 9.59 Å². The lowest BCUT2D eigenvalue weighted by atomic mass is 10.1. The van der Waals surface area contributed by atoms with Gasteiger partial charge in [0, 0.05) is 13.0 Å². The third-order valence-corrected chi connectivity index (χ3v) is 4.32. The Balaban J connectivity index is 1.95. The number of nitrogens with zero attached hydrogens (tertiary/aromatic N) is 1. The lowest BCUT2D eigenvalue weighted by Crippen LogP contribution is -2.40. The summed E-state index contributed by atoms with van der Waals surface area (Å²) in [4.78, 5) is 24.7. The summed E-state index contributed by atoms with van der Waals surface area (Å²) in [6, 6.07) is 5.03. The van der Waals surface area contributed by atoms with Crippen LogP contribution in [-0.2, 0) is 16.0 Å². The standard InChI is InChI=1S/C15H18BrNO4/c1-21-13-6-4-10(9-11(13)16)5-7-14(18)17-8-2-3-12(17)15(19)20/h4,6,9,12H,2-3,5,7-8H2,1H3,(H,19,20)/t12-/m1/s1. The van der Waals surface area contributed by atoms with Crippen molar-refractivity contribution in [1.29, 1.82) is 0 Å². The average molecular weight is 356 g/mol. The first-order valence-corrected chi connectivity index (χ1v) is 7.67. The van der Waals surface area contributed by atoms with E-state index in [4.69, 9.17) is 9.84 Å². The number of carbonyl (C=O) groups is 2. The number of carboxylic acid groups (broad SMARTS) is 1. The van der Waals surface area contributed by atoms with E-state index in [-0.39, 0.29) is 5.91 Å². The van der Waals surface area contributed by atoms with E-state index in [1.807, 2.05) is 18.2 Å². The maximum atomic E-state index is 12.2. The Kier molecular flexibility index (Phi) is 5.22. The molecule has 0 radical (unpaired) electrons. The van der Waals surface area contributed by atoms with Gasteiger partial charge in [0.15, 0.2) is 0 Å². The van der Waals surface area contributed by atoms with E-state index >= 15 is 0 Å².